The van der Waals surface area contributed by atoms with Gasteiger partial charge in [0.05, 0.1) is 26.0 Å². The van der Waals surface area contributed by atoms with E-state index in [2.05, 4.69) is 25.2 Å². The summed E-state index contributed by atoms with van der Waals surface area (Å²) in [6.45, 7) is 12.5. The zero-order valence-electron chi connectivity index (χ0n) is 18.7. The minimum absolute atomic E-state index is 0.256. The van der Waals surface area contributed by atoms with Gasteiger partial charge in [-0.15, -0.1) is 0 Å². The van der Waals surface area contributed by atoms with Crippen molar-refractivity contribution in [3.8, 4) is 0 Å². The van der Waals surface area contributed by atoms with Crippen molar-refractivity contribution in [1.29, 1.82) is 0 Å². The predicted molar refractivity (Wildman–Crippen MR) is 119 cm³/mol. The van der Waals surface area contributed by atoms with Crippen molar-refractivity contribution in [2.45, 2.75) is 58.4 Å². The lowest BCUT2D eigenvalue weighted by molar-refractivity contribution is 0.00820. The summed E-state index contributed by atoms with van der Waals surface area (Å²) in [5.41, 5.74) is -0.376. The molecule has 0 aromatic rings. The Bertz CT molecular complexity index is 624. The number of hydrogen-bond acceptors (Lipinski definition) is 5. The van der Waals surface area contributed by atoms with E-state index < -0.39 is 15.6 Å². The quantitative estimate of drug-likeness (QED) is 0.374. The Morgan fingerprint density at radius 1 is 1.14 bits per heavy atom. The second kappa shape index (κ2) is 10.9. The lowest BCUT2D eigenvalue weighted by atomic mass is 9.73. The summed E-state index contributed by atoms with van der Waals surface area (Å²) in [5, 5.41) is 6.87. The molecule has 3 N–H and O–H groups in total. The molecule has 1 saturated heterocycles. The van der Waals surface area contributed by atoms with E-state index in [1.807, 2.05) is 20.8 Å². The Balaban J connectivity index is 2.00. The number of hydrogen-bond donors (Lipinski definition) is 3. The van der Waals surface area contributed by atoms with E-state index in [-0.39, 0.29) is 5.41 Å². The second-order valence-electron chi connectivity index (χ2n) is 9.26. The van der Waals surface area contributed by atoms with Gasteiger partial charge < -0.3 is 15.4 Å². The van der Waals surface area contributed by atoms with E-state index in [0.717, 1.165) is 51.9 Å². The number of rotatable bonds is 9. The Labute approximate surface area is 177 Å². The largest absolute Gasteiger partial charge is 0.379 e. The fraction of sp³-hybridized carbons (Fsp3) is 0.950. The topological polar surface area (TPSA) is 95.1 Å². The first kappa shape index (κ1) is 24.4. The molecule has 8 nitrogen and oxygen atoms in total. The van der Waals surface area contributed by atoms with Gasteiger partial charge in [-0.05, 0) is 33.6 Å². The van der Waals surface area contributed by atoms with Gasteiger partial charge in [-0.25, -0.2) is 13.1 Å². The van der Waals surface area contributed by atoms with Crippen LogP contribution in [-0.2, 0) is 14.8 Å². The van der Waals surface area contributed by atoms with Gasteiger partial charge in [0.2, 0.25) is 10.0 Å². The third-order valence-corrected chi connectivity index (χ3v) is 6.57. The average Bonchev–Trinajstić information content (AvgIpc) is 2.64. The summed E-state index contributed by atoms with van der Waals surface area (Å²) in [4.78, 5) is 7.21. The molecule has 170 valence electrons. The fourth-order valence-electron chi connectivity index (χ4n) is 4.35. The number of aliphatic imine (C=N–C) groups is 1. The number of ether oxygens (including phenoxy) is 1. The van der Waals surface area contributed by atoms with E-state index in [1.165, 1.54) is 38.4 Å². The lowest BCUT2D eigenvalue weighted by Crippen LogP contribution is -2.51. The van der Waals surface area contributed by atoms with Crippen LogP contribution in [0.4, 0.5) is 0 Å². The molecule has 0 unspecified atom stereocenters. The van der Waals surface area contributed by atoms with Crippen LogP contribution in [-0.4, -0.2) is 83.6 Å². The van der Waals surface area contributed by atoms with E-state index in [1.54, 1.807) is 0 Å². The van der Waals surface area contributed by atoms with Gasteiger partial charge in [0.15, 0.2) is 5.96 Å². The van der Waals surface area contributed by atoms with Crippen LogP contribution in [0.5, 0.6) is 0 Å². The van der Waals surface area contributed by atoms with Crippen molar-refractivity contribution < 1.29 is 13.2 Å². The van der Waals surface area contributed by atoms with Crippen LogP contribution in [0.15, 0.2) is 4.99 Å². The Morgan fingerprint density at radius 2 is 1.79 bits per heavy atom. The highest BCUT2D eigenvalue weighted by Gasteiger charge is 2.34. The SMILES string of the molecule is CCNC(=NCC(C)(C)NS(C)(=O)=O)NCC1(CN2CCOCC2)CCCCC1. The van der Waals surface area contributed by atoms with Gasteiger partial charge >= 0.3 is 0 Å². The molecule has 2 fully saturated rings. The molecule has 2 rings (SSSR count). The zero-order chi connectivity index (χ0) is 21.4. The van der Waals surface area contributed by atoms with Crippen LogP contribution in [0.3, 0.4) is 0 Å². The van der Waals surface area contributed by atoms with Gasteiger partial charge in [-0.1, -0.05) is 19.3 Å². The first-order chi connectivity index (χ1) is 13.6. The summed E-state index contributed by atoms with van der Waals surface area (Å²) < 4.78 is 31.3. The number of sulfonamides is 1. The molecule has 29 heavy (non-hydrogen) atoms. The Morgan fingerprint density at radius 3 is 2.38 bits per heavy atom. The first-order valence-electron chi connectivity index (χ1n) is 10.9. The molecule has 0 atom stereocenters. The van der Waals surface area contributed by atoms with Gasteiger partial charge in [0.25, 0.3) is 0 Å². The molecule has 0 spiro atoms. The molecule has 0 amide bonds. The number of morpholine rings is 1. The van der Waals surface area contributed by atoms with Crippen molar-refractivity contribution >= 4 is 16.0 Å². The number of nitrogens with zero attached hydrogens (tertiary/aromatic N) is 2. The summed E-state index contributed by atoms with van der Waals surface area (Å²) in [6.07, 6.45) is 7.54. The van der Waals surface area contributed by atoms with Crippen LogP contribution in [0, 0.1) is 5.41 Å². The van der Waals surface area contributed by atoms with Crippen molar-refractivity contribution in [3.63, 3.8) is 0 Å². The molecule has 0 aromatic heterocycles. The van der Waals surface area contributed by atoms with Crippen LogP contribution in [0.1, 0.15) is 52.9 Å². The maximum absolute atomic E-state index is 11.6. The molecule has 1 aliphatic heterocycles. The summed E-state index contributed by atoms with van der Waals surface area (Å²) >= 11 is 0. The van der Waals surface area contributed by atoms with Crippen LogP contribution in [0.2, 0.25) is 0 Å². The van der Waals surface area contributed by atoms with Crippen molar-refractivity contribution in [2.75, 3.05) is 58.7 Å². The third-order valence-electron chi connectivity index (χ3n) is 5.65. The number of nitrogens with one attached hydrogen (secondary N) is 3. The predicted octanol–water partition coefficient (Wildman–Crippen LogP) is 1.15. The fourth-order valence-corrected chi connectivity index (χ4v) is 5.42. The maximum Gasteiger partial charge on any atom is 0.209 e. The molecule has 0 aromatic carbocycles. The Kier molecular flexibility index (Phi) is 9.18. The Hall–Kier alpha value is -0.900. The lowest BCUT2D eigenvalue weighted by Gasteiger charge is -2.42. The van der Waals surface area contributed by atoms with Crippen molar-refractivity contribution in [3.05, 3.63) is 0 Å². The van der Waals surface area contributed by atoms with E-state index in [4.69, 9.17) is 4.74 Å². The monoisotopic (exact) mass is 431 g/mol. The summed E-state index contributed by atoms with van der Waals surface area (Å²) in [6, 6.07) is 0. The minimum Gasteiger partial charge on any atom is -0.379 e. The molecular weight excluding hydrogens is 390 g/mol. The van der Waals surface area contributed by atoms with Gasteiger partial charge in [-0.3, -0.25) is 9.89 Å². The smallest absolute Gasteiger partial charge is 0.209 e. The molecular formula is C20H41N5O3S. The highest BCUT2D eigenvalue weighted by Crippen LogP contribution is 2.36. The highest BCUT2D eigenvalue weighted by atomic mass is 32.2. The van der Waals surface area contributed by atoms with Gasteiger partial charge in [0.1, 0.15) is 0 Å². The summed E-state index contributed by atoms with van der Waals surface area (Å²) in [5.74, 6) is 0.753. The second-order valence-corrected chi connectivity index (χ2v) is 11.0. The molecule has 1 aliphatic carbocycles. The molecule has 0 radical (unpaired) electrons. The van der Waals surface area contributed by atoms with Crippen molar-refractivity contribution in [1.82, 2.24) is 20.3 Å². The standard InChI is InChI=1S/C20H41N5O3S/c1-5-21-18(22-15-19(2,3)24-29(4,26)27)23-16-20(9-7-6-8-10-20)17-25-11-13-28-14-12-25/h24H,5-17H2,1-4H3,(H2,21,22,23). The maximum atomic E-state index is 11.6. The highest BCUT2D eigenvalue weighted by molar-refractivity contribution is 7.88. The molecule has 2 aliphatic rings. The van der Waals surface area contributed by atoms with E-state index in [9.17, 15) is 8.42 Å². The van der Waals surface area contributed by atoms with Gasteiger partial charge in [-0.2, -0.15) is 0 Å². The molecule has 9 heteroatoms. The van der Waals surface area contributed by atoms with Crippen LogP contribution >= 0.6 is 0 Å². The minimum atomic E-state index is -3.27. The zero-order valence-corrected chi connectivity index (χ0v) is 19.5. The van der Waals surface area contributed by atoms with Crippen molar-refractivity contribution in [2.24, 2.45) is 10.4 Å². The molecule has 1 saturated carbocycles. The van der Waals surface area contributed by atoms with Crippen LogP contribution in [0.25, 0.3) is 0 Å². The van der Waals surface area contributed by atoms with Crippen LogP contribution < -0.4 is 15.4 Å². The third kappa shape index (κ3) is 9.19. The molecule has 1 heterocycles. The summed E-state index contributed by atoms with van der Waals surface area (Å²) in [7, 11) is -3.27. The van der Waals surface area contributed by atoms with E-state index >= 15 is 0 Å². The first-order valence-corrected chi connectivity index (χ1v) is 12.8. The number of guanidine groups is 1. The average molecular weight is 432 g/mol. The normalized spacial score (nSPS) is 21.7. The van der Waals surface area contributed by atoms with E-state index in [0.29, 0.717) is 6.54 Å². The molecule has 0 bridgehead atoms. The van der Waals surface area contributed by atoms with Gasteiger partial charge in [0, 0.05) is 43.7 Å².